The summed E-state index contributed by atoms with van der Waals surface area (Å²) in [6.07, 6.45) is 8.75. The third-order valence-corrected chi connectivity index (χ3v) is 9.05. The van der Waals surface area contributed by atoms with Gasteiger partial charge in [-0.3, -0.25) is 9.59 Å². The second-order valence-corrected chi connectivity index (χ2v) is 16.2. The topological polar surface area (TPSA) is 93.1 Å². The third kappa shape index (κ3) is 4.39. The van der Waals surface area contributed by atoms with E-state index in [4.69, 9.17) is 9.46 Å². The van der Waals surface area contributed by atoms with Gasteiger partial charge in [0, 0.05) is 11.8 Å². The van der Waals surface area contributed by atoms with Crippen molar-refractivity contribution in [2.45, 2.75) is 91.0 Å². The summed E-state index contributed by atoms with van der Waals surface area (Å²) in [5.74, 6) is 0.352. The molecule has 4 rings (SSSR count). The van der Waals surface area contributed by atoms with Crippen LogP contribution in [0.5, 0.6) is 0 Å². The summed E-state index contributed by atoms with van der Waals surface area (Å²) in [6.45, 7) is 10.5. The van der Waals surface area contributed by atoms with E-state index in [0.717, 1.165) is 44.1 Å². The van der Waals surface area contributed by atoms with Gasteiger partial charge in [0.15, 0.2) is 11.5 Å². The van der Waals surface area contributed by atoms with Crippen LogP contribution in [0.15, 0.2) is 34.6 Å². The van der Waals surface area contributed by atoms with Crippen molar-refractivity contribution in [2.24, 2.45) is 22.7 Å². The maximum absolute atomic E-state index is 12.1. The molecule has 0 saturated heterocycles. The molecule has 0 bridgehead atoms. The van der Waals surface area contributed by atoms with Crippen molar-refractivity contribution in [3.8, 4) is 0 Å². The third-order valence-electron chi connectivity index (χ3n) is 8.47. The van der Waals surface area contributed by atoms with E-state index < -0.39 is 26.8 Å². The van der Waals surface area contributed by atoms with Gasteiger partial charge in [0.2, 0.25) is 8.32 Å². The number of fused-ring (bicyclic) bond motifs is 5. The number of carbonyl (C=O) groups excluding carboxylic acids is 1. The number of aliphatic carboxylic acids is 1. The smallest absolute Gasteiger partial charge is 0.306 e. The Morgan fingerprint density at radius 3 is 2.61 bits per heavy atom. The van der Waals surface area contributed by atoms with Crippen molar-refractivity contribution >= 4 is 20.1 Å². The van der Waals surface area contributed by atoms with Gasteiger partial charge in [0.05, 0.1) is 6.42 Å². The Labute approximate surface area is 197 Å². The molecule has 2 saturated carbocycles. The molecule has 0 spiro atoms. The second-order valence-electron chi connectivity index (χ2n) is 11.8. The average molecular weight is 475 g/mol. The zero-order valence-corrected chi connectivity index (χ0v) is 21.6. The lowest BCUT2D eigenvalue weighted by atomic mass is 9.51. The number of ketones is 1. The molecular formula is C26H38O6Si. The fraction of sp³-hybridized carbons (Fsp3) is 0.692. The van der Waals surface area contributed by atoms with Crippen LogP contribution in [0.3, 0.4) is 0 Å². The van der Waals surface area contributed by atoms with Gasteiger partial charge in [-0.2, -0.15) is 0 Å². The molecule has 5 atom stereocenters. The summed E-state index contributed by atoms with van der Waals surface area (Å²) in [5.41, 5.74) is 3.58. The monoisotopic (exact) mass is 474 g/mol. The van der Waals surface area contributed by atoms with Crippen LogP contribution in [0.1, 0.15) is 65.2 Å². The van der Waals surface area contributed by atoms with Crippen LogP contribution in [0.25, 0.3) is 0 Å². The van der Waals surface area contributed by atoms with E-state index >= 15 is 0 Å². The molecule has 6 nitrogen and oxygen atoms in total. The molecular weight excluding hydrogens is 436 g/mol. The van der Waals surface area contributed by atoms with Crippen molar-refractivity contribution in [1.29, 1.82) is 0 Å². The van der Waals surface area contributed by atoms with E-state index in [1.165, 1.54) is 11.1 Å². The first-order valence-electron chi connectivity index (χ1n) is 12.3. The van der Waals surface area contributed by atoms with Crippen molar-refractivity contribution in [3.05, 3.63) is 34.6 Å². The molecule has 4 aliphatic rings. The Morgan fingerprint density at radius 1 is 1.21 bits per heavy atom. The number of carboxylic acids is 1. The first-order chi connectivity index (χ1) is 15.3. The minimum absolute atomic E-state index is 0.0201. The standard InChI is InChI=1S/C26H38O6Si/c1-25-12-10-17(27)14-16(25)6-7-18-19-8-9-21(26(19,2)13-11-20(18)25)24(22(28)15-23(29)30)31-32-33(3,4)5/h11,14,18-19,22,28H,6-10,12-13,15H2,1-5H3,(H,29,30)/t18-,19-,22?,25-,26-/m0/s1. The Kier molecular flexibility index (Phi) is 6.29. The lowest BCUT2D eigenvalue weighted by Gasteiger charge is -2.52. The number of hydrogen-bond acceptors (Lipinski definition) is 5. The predicted octanol–water partition coefficient (Wildman–Crippen LogP) is 5.31. The lowest BCUT2D eigenvalue weighted by molar-refractivity contribution is -0.195. The largest absolute Gasteiger partial charge is 0.481 e. The van der Waals surface area contributed by atoms with Crippen LogP contribution in [0, 0.1) is 22.7 Å². The van der Waals surface area contributed by atoms with E-state index in [1.807, 2.05) is 25.7 Å². The summed E-state index contributed by atoms with van der Waals surface area (Å²) in [7, 11) is -2.05. The number of aliphatic hydroxyl groups is 1. The highest BCUT2D eigenvalue weighted by molar-refractivity contribution is 6.69. The molecule has 0 aromatic carbocycles. The Morgan fingerprint density at radius 2 is 1.94 bits per heavy atom. The van der Waals surface area contributed by atoms with Gasteiger partial charge in [-0.1, -0.05) is 31.1 Å². The fourth-order valence-corrected chi connectivity index (χ4v) is 7.16. The van der Waals surface area contributed by atoms with E-state index in [2.05, 4.69) is 19.9 Å². The Balaban J connectivity index is 1.71. The van der Waals surface area contributed by atoms with Gasteiger partial charge in [-0.05, 0) is 87.1 Å². The summed E-state index contributed by atoms with van der Waals surface area (Å²) in [5, 5.41) is 20.1. The van der Waals surface area contributed by atoms with Crippen molar-refractivity contribution in [2.75, 3.05) is 0 Å². The quantitative estimate of drug-likeness (QED) is 0.178. The normalized spacial score (nSPS) is 36.1. The van der Waals surface area contributed by atoms with E-state index in [0.29, 0.717) is 24.0 Å². The first kappa shape index (κ1) is 24.4. The zero-order valence-electron chi connectivity index (χ0n) is 20.6. The molecule has 0 aromatic rings. The highest BCUT2D eigenvalue weighted by Crippen LogP contribution is 2.65. The molecule has 1 unspecified atom stereocenters. The molecule has 2 fully saturated rings. The first-order valence-corrected chi connectivity index (χ1v) is 15.7. The molecule has 182 valence electrons. The van der Waals surface area contributed by atoms with Gasteiger partial charge >= 0.3 is 5.97 Å². The molecule has 0 aromatic heterocycles. The van der Waals surface area contributed by atoms with Crippen LogP contribution >= 0.6 is 0 Å². The molecule has 0 radical (unpaired) electrons. The summed E-state index contributed by atoms with van der Waals surface area (Å²) in [6, 6.07) is 0. The van der Waals surface area contributed by atoms with Gasteiger partial charge in [0.1, 0.15) is 6.10 Å². The van der Waals surface area contributed by atoms with Crippen LogP contribution in [-0.2, 0) is 19.1 Å². The maximum Gasteiger partial charge on any atom is 0.306 e. The maximum atomic E-state index is 12.1. The van der Waals surface area contributed by atoms with Crippen molar-refractivity contribution in [3.63, 3.8) is 0 Å². The number of carbonyl (C=O) groups is 2. The van der Waals surface area contributed by atoms with Gasteiger partial charge < -0.3 is 15.1 Å². The molecule has 0 amide bonds. The average Bonchev–Trinajstić information content (AvgIpc) is 3.04. The van der Waals surface area contributed by atoms with E-state index in [1.54, 1.807) is 0 Å². The molecule has 33 heavy (non-hydrogen) atoms. The molecule has 4 aliphatic carbocycles. The highest BCUT2D eigenvalue weighted by atomic mass is 28.4. The second kappa shape index (κ2) is 8.50. The van der Waals surface area contributed by atoms with Crippen LogP contribution < -0.4 is 0 Å². The fourth-order valence-electron chi connectivity index (χ4n) is 6.82. The summed E-state index contributed by atoms with van der Waals surface area (Å²) in [4.78, 5) is 29.2. The lowest BCUT2D eigenvalue weighted by Crippen LogP contribution is -2.43. The van der Waals surface area contributed by atoms with Gasteiger partial charge in [0.25, 0.3) is 0 Å². The van der Waals surface area contributed by atoms with Crippen LogP contribution in [0.4, 0.5) is 0 Å². The number of rotatable bonds is 6. The minimum atomic E-state index is -2.05. The highest BCUT2D eigenvalue weighted by Gasteiger charge is 2.55. The Hall–Kier alpha value is -1.70. The molecule has 7 heteroatoms. The summed E-state index contributed by atoms with van der Waals surface area (Å²) < 4.78 is 5.71. The zero-order chi connectivity index (χ0) is 24.2. The van der Waals surface area contributed by atoms with Crippen molar-refractivity contribution in [1.82, 2.24) is 0 Å². The molecule has 0 aliphatic heterocycles. The van der Waals surface area contributed by atoms with Crippen LogP contribution in [0.2, 0.25) is 19.6 Å². The van der Waals surface area contributed by atoms with E-state index in [-0.39, 0.29) is 16.6 Å². The van der Waals surface area contributed by atoms with Gasteiger partial charge in [-0.25, -0.2) is 4.58 Å². The summed E-state index contributed by atoms with van der Waals surface area (Å²) >= 11 is 0. The number of aliphatic hydroxyl groups excluding tert-OH is 1. The van der Waals surface area contributed by atoms with Crippen LogP contribution in [-0.4, -0.2) is 36.4 Å². The molecule has 0 heterocycles. The SMILES string of the molecule is C[C@]12CCC(=O)C=C1CC[C@@H]1C2=CC[C@]2(C)C(=C(OO[Si](C)(C)C)C(O)CC(=O)O)CC[C@@H]12. The predicted molar refractivity (Wildman–Crippen MR) is 127 cm³/mol. The number of hydrogen-bond donors (Lipinski definition) is 2. The van der Waals surface area contributed by atoms with Gasteiger partial charge in [-0.15, -0.1) is 0 Å². The Bertz CT molecular complexity index is 941. The minimum Gasteiger partial charge on any atom is -0.481 e. The molecule has 2 N–H and O–H groups in total. The van der Waals surface area contributed by atoms with Crippen molar-refractivity contribution < 1.29 is 29.3 Å². The number of carboxylic acid groups (broad SMARTS) is 1. The number of allylic oxidation sites excluding steroid dienone is 5. The van der Waals surface area contributed by atoms with E-state index in [9.17, 15) is 19.8 Å².